The smallest absolute Gasteiger partial charge is 0.0912 e. The Kier molecular flexibility index (Phi) is 3.10. The fourth-order valence-electron chi connectivity index (χ4n) is 1.05. The van der Waals surface area contributed by atoms with Crippen molar-refractivity contribution in [3.63, 3.8) is 0 Å². The van der Waals surface area contributed by atoms with Crippen molar-refractivity contribution in [2.24, 2.45) is 0 Å². The average Bonchev–Trinajstić information content (AvgIpc) is 2.15. The standard InChI is InChI=1S/C11H11N/c1-2-10-5-3-6-11(9-10)7-4-8-12/h3-7,9H,2H2,1H3/b7-4+. The van der Waals surface area contributed by atoms with Crippen molar-refractivity contribution in [2.45, 2.75) is 13.3 Å². The van der Waals surface area contributed by atoms with Crippen molar-refractivity contribution in [3.05, 3.63) is 41.5 Å². The fraction of sp³-hybridized carbons (Fsp3) is 0.182. The van der Waals surface area contributed by atoms with Crippen LogP contribution in [0.4, 0.5) is 0 Å². The fourth-order valence-corrected chi connectivity index (χ4v) is 1.05. The van der Waals surface area contributed by atoms with E-state index in [0.717, 1.165) is 12.0 Å². The Hall–Kier alpha value is -1.55. The normalized spacial score (nSPS) is 10.0. The molecule has 1 nitrogen and oxygen atoms in total. The molecule has 60 valence electrons. The summed E-state index contributed by atoms with van der Waals surface area (Å²) in [6.45, 7) is 2.12. The summed E-state index contributed by atoms with van der Waals surface area (Å²) in [6, 6.07) is 10.2. The number of allylic oxidation sites excluding steroid dienone is 1. The molecule has 0 radical (unpaired) electrons. The summed E-state index contributed by atoms with van der Waals surface area (Å²) in [4.78, 5) is 0. The van der Waals surface area contributed by atoms with Crippen LogP contribution in [0, 0.1) is 11.3 Å². The topological polar surface area (TPSA) is 23.8 Å². The lowest BCUT2D eigenvalue weighted by molar-refractivity contribution is 1.14. The molecule has 0 unspecified atom stereocenters. The van der Waals surface area contributed by atoms with Gasteiger partial charge in [0.2, 0.25) is 0 Å². The Labute approximate surface area is 73.0 Å². The third-order valence-corrected chi connectivity index (χ3v) is 1.71. The molecule has 0 saturated carbocycles. The van der Waals surface area contributed by atoms with E-state index in [1.807, 2.05) is 24.3 Å². The highest BCUT2D eigenvalue weighted by molar-refractivity contribution is 5.52. The van der Waals surface area contributed by atoms with Crippen molar-refractivity contribution in [3.8, 4) is 6.07 Å². The molecule has 0 aliphatic heterocycles. The van der Waals surface area contributed by atoms with Crippen molar-refractivity contribution in [1.29, 1.82) is 5.26 Å². The first-order chi connectivity index (χ1) is 5.86. The van der Waals surface area contributed by atoms with E-state index in [0.29, 0.717) is 0 Å². The van der Waals surface area contributed by atoms with E-state index in [-0.39, 0.29) is 0 Å². The molecule has 1 aromatic rings. The van der Waals surface area contributed by atoms with E-state index in [4.69, 9.17) is 5.26 Å². The summed E-state index contributed by atoms with van der Waals surface area (Å²) in [7, 11) is 0. The number of hydrogen-bond acceptors (Lipinski definition) is 1. The second-order valence-electron chi connectivity index (χ2n) is 2.56. The van der Waals surface area contributed by atoms with Crippen LogP contribution in [-0.4, -0.2) is 0 Å². The third-order valence-electron chi connectivity index (χ3n) is 1.71. The van der Waals surface area contributed by atoms with Crippen LogP contribution < -0.4 is 0 Å². The van der Waals surface area contributed by atoms with Crippen molar-refractivity contribution < 1.29 is 0 Å². The average molecular weight is 157 g/mol. The Morgan fingerprint density at radius 2 is 2.33 bits per heavy atom. The summed E-state index contributed by atoms with van der Waals surface area (Å²) in [5.74, 6) is 0. The molecule has 0 bridgehead atoms. The SMILES string of the molecule is CCc1cccc(/C=C/C#N)c1. The Morgan fingerprint density at radius 1 is 1.50 bits per heavy atom. The first-order valence-corrected chi connectivity index (χ1v) is 4.02. The highest BCUT2D eigenvalue weighted by Crippen LogP contribution is 2.07. The zero-order valence-electron chi connectivity index (χ0n) is 7.12. The van der Waals surface area contributed by atoms with E-state index < -0.39 is 0 Å². The van der Waals surface area contributed by atoms with E-state index in [1.165, 1.54) is 11.6 Å². The molecule has 0 aliphatic rings. The van der Waals surface area contributed by atoms with Crippen LogP contribution in [0.15, 0.2) is 30.3 Å². The summed E-state index contributed by atoms with van der Waals surface area (Å²) < 4.78 is 0. The molecule has 0 aliphatic carbocycles. The second kappa shape index (κ2) is 4.35. The minimum Gasteiger partial charge on any atom is -0.193 e. The lowest BCUT2D eigenvalue weighted by Crippen LogP contribution is -1.79. The molecule has 0 N–H and O–H groups in total. The molecule has 0 aromatic heterocycles. The number of rotatable bonds is 2. The zero-order chi connectivity index (χ0) is 8.81. The molecular formula is C11H11N. The first kappa shape index (κ1) is 8.55. The zero-order valence-corrected chi connectivity index (χ0v) is 7.12. The maximum absolute atomic E-state index is 8.32. The lowest BCUT2D eigenvalue weighted by atomic mass is 10.1. The van der Waals surface area contributed by atoms with Gasteiger partial charge < -0.3 is 0 Å². The number of nitriles is 1. The van der Waals surface area contributed by atoms with Crippen molar-refractivity contribution in [1.82, 2.24) is 0 Å². The maximum atomic E-state index is 8.32. The predicted molar refractivity (Wildman–Crippen MR) is 50.5 cm³/mol. The monoisotopic (exact) mass is 157 g/mol. The molecular weight excluding hydrogens is 146 g/mol. The minimum absolute atomic E-state index is 1.04. The van der Waals surface area contributed by atoms with Crippen LogP contribution in [0.25, 0.3) is 6.08 Å². The van der Waals surface area contributed by atoms with Gasteiger partial charge in [0.15, 0.2) is 0 Å². The van der Waals surface area contributed by atoms with Gasteiger partial charge in [-0.2, -0.15) is 5.26 Å². The molecule has 0 saturated heterocycles. The van der Waals surface area contributed by atoms with Gasteiger partial charge in [0, 0.05) is 6.08 Å². The number of nitrogens with zero attached hydrogens (tertiary/aromatic N) is 1. The lowest BCUT2D eigenvalue weighted by Gasteiger charge is -1.96. The van der Waals surface area contributed by atoms with E-state index in [1.54, 1.807) is 0 Å². The molecule has 1 aromatic carbocycles. The summed E-state index contributed by atoms with van der Waals surface area (Å²) in [5, 5.41) is 8.32. The molecule has 0 atom stereocenters. The second-order valence-corrected chi connectivity index (χ2v) is 2.56. The highest BCUT2D eigenvalue weighted by atomic mass is 14.2. The van der Waals surface area contributed by atoms with Crippen LogP contribution >= 0.6 is 0 Å². The van der Waals surface area contributed by atoms with Gasteiger partial charge in [-0.15, -0.1) is 0 Å². The van der Waals surface area contributed by atoms with Crippen molar-refractivity contribution >= 4 is 6.08 Å². The van der Waals surface area contributed by atoms with E-state index in [2.05, 4.69) is 19.1 Å². The Morgan fingerprint density at radius 3 is 3.00 bits per heavy atom. The quantitative estimate of drug-likeness (QED) is 0.605. The molecule has 0 fully saturated rings. The van der Waals surface area contributed by atoms with Gasteiger partial charge in [-0.1, -0.05) is 31.2 Å². The Bertz CT molecular complexity index is 318. The van der Waals surface area contributed by atoms with Gasteiger partial charge in [-0.25, -0.2) is 0 Å². The van der Waals surface area contributed by atoms with E-state index in [9.17, 15) is 0 Å². The molecule has 0 spiro atoms. The van der Waals surface area contributed by atoms with Crippen LogP contribution in [0.5, 0.6) is 0 Å². The van der Waals surface area contributed by atoms with Gasteiger partial charge in [0.25, 0.3) is 0 Å². The molecule has 0 heterocycles. The maximum Gasteiger partial charge on any atom is 0.0912 e. The number of aryl methyl sites for hydroxylation is 1. The van der Waals surface area contributed by atoms with Gasteiger partial charge >= 0.3 is 0 Å². The molecule has 12 heavy (non-hydrogen) atoms. The predicted octanol–water partition coefficient (Wildman–Crippen LogP) is 2.79. The van der Waals surface area contributed by atoms with Crippen LogP contribution in [0.2, 0.25) is 0 Å². The van der Waals surface area contributed by atoms with Gasteiger partial charge in [0.1, 0.15) is 0 Å². The van der Waals surface area contributed by atoms with Gasteiger partial charge in [-0.3, -0.25) is 0 Å². The number of benzene rings is 1. The molecule has 1 rings (SSSR count). The minimum atomic E-state index is 1.04. The van der Waals surface area contributed by atoms with Gasteiger partial charge in [0.05, 0.1) is 6.07 Å². The summed E-state index contributed by atoms with van der Waals surface area (Å²) in [6.07, 6.45) is 4.35. The van der Waals surface area contributed by atoms with Crippen molar-refractivity contribution in [2.75, 3.05) is 0 Å². The summed E-state index contributed by atoms with van der Waals surface area (Å²) >= 11 is 0. The molecule has 1 heteroatoms. The van der Waals surface area contributed by atoms with E-state index >= 15 is 0 Å². The van der Waals surface area contributed by atoms with Gasteiger partial charge in [-0.05, 0) is 23.6 Å². The van der Waals surface area contributed by atoms with Crippen LogP contribution in [-0.2, 0) is 6.42 Å². The first-order valence-electron chi connectivity index (χ1n) is 4.02. The Balaban J connectivity index is 2.88. The highest BCUT2D eigenvalue weighted by Gasteiger charge is 1.88. The van der Waals surface area contributed by atoms with Crippen LogP contribution in [0.1, 0.15) is 18.1 Å². The third kappa shape index (κ3) is 2.25. The summed E-state index contributed by atoms with van der Waals surface area (Å²) in [5.41, 5.74) is 2.39. The largest absolute Gasteiger partial charge is 0.193 e. The molecule has 0 amide bonds. The van der Waals surface area contributed by atoms with Crippen LogP contribution in [0.3, 0.4) is 0 Å². The number of hydrogen-bond donors (Lipinski definition) is 0.